The van der Waals surface area contributed by atoms with Crippen LogP contribution in [0.3, 0.4) is 0 Å². The van der Waals surface area contributed by atoms with E-state index in [9.17, 15) is 9.59 Å². The molecule has 166 valence electrons. The minimum atomic E-state index is -0.644. The first-order valence-electron chi connectivity index (χ1n) is 10.8. The number of amides is 1. The molecule has 0 N–H and O–H groups in total. The highest BCUT2D eigenvalue weighted by Gasteiger charge is 2.30. The molecule has 9 heteroatoms. The molecule has 8 nitrogen and oxygen atoms in total. The lowest BCUT2D eigenvalue weighted by molar-refractivity contribution is -0.135. The van der Waals surface area contributed by atoms with Gasteiger partial charge >= 0.3 is 0 Å². The van der Waals surface area contributed by atoms with E-state index in [1.165, 1.54) is 4.68 Å². The van der Waals surface area contributed by atoms with Crippen LogP contribution in [-0.2, 0) is 4.79 Å². The van der Waals surface area contributed by atoms with Crippen LogP contribution in [0.4, 0.5) is 5.69 Å². The van der Waals surface area contributed by atoms with Gasteiger partial charge in [0.15, 0.2) is 5.58 Å². The minimum Gasteiger partial charge on any atom is -0.463 e. The highest BCUT2D eigenvalue weighted by atomic mass is 35.5. The summed E-state index contributed by atoms with van der Waals surface area (Å²) in [5.41, 5.74) is 2.69. The zero-order valence-corrected chi connectivity index (χ0v) is 18.7. The number of halogens is 1. The number of aryl methyl sites for hydroxylation is 1. The van der Waals surface area contributed by atoms with Gasteiger partial charge in [0.05, 0.1) is 11.8 Å². The summed E-state index contributed by atoms with van der Waals surface area (Å²) in [5, 5.41) is 5.22. The van der Waals surface area contributed by atoms with Crippen LogP contribution in [0.2, 0.25) is 5.02 Å². The molecule has 1 aliphatic rings. The van der Waals surface area contributed by atoms with Crippen LogP contribution < -0.4 is 10.5 Å². The van der Waals surface area contributed by atoms with E-state index in [0.29, 0.717) is 41.5 Å². The van der Waals surface area contributed by atoms with Gasteiger partial charge in [-0.1, -0.05) is 18.5 Å². The largest absolute Gasteiger partial charge is 0.463 e. The lowest BCUT2D eigenvalue weighted by atomic mass is 10.1. The van der Waals surface area contributed by atoms with Gasteiger partial charge in [0.2, 0.25) is 5.91 Å². The number of benzene rings is 1. The number of carbonyl (C=O) groups is 1. The Morgan fingerprint density at radius 1 is 1.12 bits per heavy atom. The Labute approximate surface area is 189 Å². The van der Waals surface area contributed by atoms with Crippen molar-refractivity contribution >= 4 is 39.8 Å². The van der Waals surface area contributed by atoms with E-state index in [1.54, 1.807) is 16.7 Å². The molecular weight excluding hydrogens is 430 g/mol. The summed E-state index contributed by atoms with van der Waals surface area (Å²) < 4.78 is 8.57. The van der Waals surface area contributed by atoms with Crippen molar-refractivity contribution in [2.75, 3.05) is 31.1 Å². The Morgan fingerprint density at radius 3 is 2.53 bits per heavy atom. The fourth-order valence-electron chi connectivity index (χ4n) is 4.51. The molecule has 5 rings (SSSR count). The molecule has 1 fully saturated rings. The number of fused-ring (bicyclic) bond motifs is 3. The number of furan rings is 1. The summed E-state index contributed by atoms with van der Waals surface area (Å²) in [4.78, 5) is 30.7. The summed E-state index contributed by atoms with van der Waals surface area (Å²) in [7, 11) is 0. The van der Waals surface area contributed by atoms with Crippen molar-refractivity contribution in [3.63, 3.8) is 0 Å². The molecular formula is C23H24ClN5O3. The SMILES string of the molecule is CCC(C(=O)N1CCN(c2ccc(Cl)cc2)CC1)n1nc(C)n2c(cc3occc32)c1=O. The highest BCUT2D eigenvalue weighted by Crippen LogP contribution is 2.23. The molecule has 0 aliphatic carbocycles. The van der Waals surface area contributed by atoms with Gasteiger partial charge in [0, 0.05) is 49.0 Å². The van der Waals surface area contributed by atoms with Crippen molar-refractivity contribution in [1.29, 1.82) is 0 Å². The lowest BCUT2D eigenvalue weighted by Gasteiger charge is -2.37. The predicted octanol–water partition coefficient (Wildman–Crippen LogP) is 3.50. The third-order valence-corrected chi connectivity index (χ3v) is 6.43. The third-order valence-electron chi connectivity index (χ3n) is 6.18. The van der Waals surface area contributed by atoms with Gasteiger partial charge in [-0.15, -0.1) is 0 Å². The average Bonchev–Trinajstić information content (AvgIpc) is 3.40. The Bertz CT molecular complexity index is 1350. The zero-order valence-electron chi connectivity index (χ0n) is 18.0. The van der Waals surface area contributed by atoms with Crippen LogP contribution in [-0.4, -0.2) is 51.2 Å². The van der Waals surface area contributed by atoms with Crippen LogP contribution in [0, 0.1) is 6.92 Å². The fraction of sp³-hybridized carbons (Fsp3) is 0.348. The first-order chi connectivity index (χ1) is 15.5. The van der Waals surface area contributed by atoms with Gasteiger partial charge in [0.25, 0.3) is 5.56 Å². The maximum Gasteiger partial charge on any atom is 0.291 e. The summed E-state index contributed by atoms with van der Waals surface area (Å²) in [6, 6.07) is 10.6. The molecule has 1 aromatic carbocycles. The number of nitrogens with zero attached hydrogens (tertiary/aromatic N) is 5. The molecule has 1 unspecified atom stereocenters. The summed E-state index contributed by atoms with van der Waals surface area (Å²) >= 11 is 5.99. The summed E-state index contributed by atoms with van der Waals surface area (Å²) in [6.07, 6.45) is 2.07. The standard InChI is InChI=1S/C23H24ClN5O3/c1-3-18(22(30)27-11-9-26(10-12-27)17-6-4-16(24)5-7-17)29-23(31)20-14-21-19(8-13-32-21)28(20)15(2)25-29/h4-8,13-14,18H,3,9-12H2,1-2H3. The third kappa shape index (κ3) is 3.35. The number of anilines is 1. The van der Waals surface area contributed by atoms with Crippen LogP contribution in [0.1, 0.15) is 25.2 Å². The lowest BCUT2D eigenvalue weighted by Crippen LogP contribution is -2.51. The molecule has 1 saturated heterocycles. The molecule has 3 aromatic heterocycles. The number of carbonyl (C=O) groups excluding carboxylic acids is 1. The molecule has 32 heavy (non-hydrogen) atoms. The first-order valence-corrected chi connectivity index (χ1v) is 11.1. The average molecular weight is 454 g/mol. The Kier molecular flexibility index (Phi) is 5.17. The van der Waals surface area contributed by atoms with Gasteiger partial charge in [-0.3, -0.25) is 14.0 Å². The smallest absolute Gasteiger partial charge is 0.291 e. The van der Waals surface area contributed by atoms with E-state index >= 15 is 0 Å². The fourth-order valence-corrected chi connectivity index (χ4v) is 4.63. The normalized spacial score (nSPS) is 15.6. The molecule has 0 spiro atoms. The van der Waals surface area contributed by atoms with Gasteiger partial charge < -0.3 is 14.2 Å². The zero-order chi connectivity index (χ0) is 22.4. The molecule has 4 heterocycles. The van der Waals surface area contributed by atoms with E-state index in [0.717, 1.165) is 24.3 Å². The number of piperazine rings is 1. The van der Waals surface area contributed by atoms with E-state index in [1.807, 2.05) is 49.1 Å². The number of hydrogen-bond donors (Lipinski definition) is 0. The van der Waals surface area contributed by atoms with E-state index in [2.05, 4.69) is 10.00 Å². The molecule has 1 aliphatic heterocycles. The molecule has 1 amide bonds. The molecule has 0 radical (unpaired) electrons. The van der Waals surface area contributed by atoms with Crippen molar-refractivity contribution in [1.82, 2.24) is 19.1 Å². The second-order valence-electron chi connectivity index (χ2n) is 8.04. The van der Waals surface area contributed by atoms with Crippen LogP contribution >= 0.6 is 11.6 Å². The first kappa shape index (κ1) is 20.6. The second kappa shape index (κ2) is 8.02. The molecule has 1 atom stereocenters. The van der Waals surface area contributed by atoms with Crippen molar-refractivity contribution in [2.24, 2.45) is 0 Å². The van der Waals surface area contributed by atoms with E-state index in [4.69, 9.17) is 16.0 Å². The summed E-state index contributed by atoms with van der Waals surface area (Å²) in [5.74, 6) is 0.562. The maximum atomic E-state index is 13.4. The van der Waals surface area contributed by atoms with Gasteiger partial charge in [-0.25, -0.2) is 4.68 Å². The van der Waals surface area contributed by atoms with Crippen molar-refractivity contribution in [3.05, 3.63) is 63.9 Å². The topological polar surface area (TPSA) is 76.0 Å². The van der Waals surface area contributed by atoms with Crippen LogP contribution in [0.25, 0.3) is 16.6 Å². The summed E-state index contributed by atoms with van der Waals surface area (Å²) in [6.45, 7) is 6.36. The van der Waals surface area contributed by atoms with E-state index in [-0.39, 0.29) is 11.5 Å². The number of aromatic nitrogens is 3. The molecule has 0 bridgehead atoms. The predicted molar refractivity (Wildman–Crippen MR) is 124 cm³/mol. The molecule has 4 aromatic rings. The van der Waals surface area contributed by atoms with E-state index < -0.39 is 6.04 Å². The Balaban J connectivity index is 1.40. The Hall–Kier alpha value is -3.26. The quantitative estimate of drug-likeness (QED) is 0.472. The Morgan fingerprint density at radius 2 is 1.84 bits per heavy atom. The number of hydrogen-bond acceptors (Lipinski definition) is 5. The highest BCUT2D eigenvalue weighted by molar-refractivity contribution is 6.30. The van der Waals surface area contributed by atoms with Gasteiger partial charge in [0.1, 0.15) is 17.4 Å². The van der Waals surface area contributed by atoms with Crippen molar-refractivity contribution in [2.45, 2.75) is 26.3 Å². The number of rotatable bonds is 4. The van der Waals surface area contributed by atoms with Gasteiger partial charge in [-0.2, -0.15) is 5.10 Å². The molecule has 0 saturated carbocycles. The second-order valence-corrected chi connectivity index (χ2v) is 8.48. The monoisotopic (exact) mass is 453 g/mol. The van der Waals surface area contributed by atoms with Gasteiger partial charge in [-0.05, 0) is 37.6 Å². The minimum absolute atomic E-state index is 0.0724. The maximum absolute atomic E-state index is 13.4. The van der Waals surface area contributed by atoms with Crippen LogP contribution in [0.15, 0.2) is 51.9 Å². The van der Waals surface area contributed by atoms with Crippen molar-refractivity contribution < 1.29 is 9.21 Å². The van der Waals surface area contributed by atoms with Crippen LogP contribution in [0.5, 0.6) is 0 Å². The van der Waals surface area contributed by atoms with Crippen molar-refractivity contribution in [3.8, 4) is 0 Å².